The smallest absolute Gasteiger partial charge is 0.105 e. The lowest BCUT2D eigenvalue weighted by atomic mass is 10.1. The summed E-state index contributed by atoms with van der Waals surface area (Å²) in [5, 5.41) is 7.68. The minimum atomic E-state index is 0.315. The van der Waals surface area contributed by atoms with Gasteiger partial charge in [-0.1, -0.05) is 0 Å². The molecule has 0 spiro atoms. The molecule has 2 heterocycles. The quantitative estimate of drug-likeness (QED) is 0.883. The second kappa shape index (κ2) is 5.40. The van der Waals surface area contributed by atoms with Gasteiger partial charge in [0.1, 0.15) is 11.5 Å². The van der Waals surface area contributed by atoms with Crippen molar-refractivity contribution in [3.8, 4) is 0 Å². The van der Waals surface area contributed by atoms with Crippen LogP contribution in [0.5, 0.6) is 0 Å². The third-order valence-electron chi connectivity index (χ3n) is 3.30. The first-order valence-corrected chi connectivity index (χ1v) is 6.35. The van der Waals surface area contributed by atoms with Gasteiger partial charge in [0.2, 0.25) is 0 Å². The van der Waals surface area contributed by atoms with Gasteiger partial charge < -0.3 is 9.73 Å². The van der Waals surface area contributed by atoms with E-state index in [1.165, 1.54) is 11.3 Å². The van der Waals surface area contributed by atoms with Crippen molar-refractivity contribution in [2.45, 2.75) is 33.2 Å². The molecule has 2 aromatic rings. The van der Waals surface area contributed by atoms with Gasteiger partial charge in [-0.2, -0.15) is 5.10 Å². The molecule has 0 amide bonds. The van der Waals surface area contributed by atoms with E-state index in [1.54, 1.807) is 0 Å². The number of hydrogen-bond donors (Lipinski definition) is 1. The lowest BCUT2D eigenvalue weighted by Crippen LogP contribution is -2.22. The summed E-state index contributed by atoms with van der Waals surface area (Å²) < 4.78 is 7.47. The van der Waals surface area contributed by atoms with Crippen LogP contribution in [0.25, 0.3) is 0 Å². The maximum absolute atomic E-state index is 5.55. The van der Waals surface area contributed by atoms with Gasteiger partial charge >= 0.3 is 0 Å². The molecule has 0 aliphatic carbocycles. The average molecular weight is 247 g/mol. The molecular weight excluding hydrogens is 226 g/mol. The summed E-state index contributed by atoms with van der Waals surface area (Å²) in [6, 6.07) is 4.48. The fourth-order valence-corrected chi connectivity index (χ4v) is 2.25. The SMILES string of the molecule is Cc1cc(C(C)NCCc2ccnn2C)c(C)o1. The molecule has 1 atom stereocenters. The Hall–Kier alpha value is -1.55. The van der Waals surface area contributed by atoms with Crippen molar-refractivity contribution in [1.29, 1.82) is 0 Å². The van der Waals surface area contributed by atoms with Crippen molar-refractivity contribution >= 4 is 0 Å². The monoisotopic (exact) mass is 247 g/mol. The summed E-state index contributed by atoms with van der Waals surface area (Å²) in [6.45, 7) is 7.10. The molecule has 0 radical (unpaired) electrons. The molecule has 0 bridgehead atoms. The van der Waals surface area contributed by atoms with Gasteiger partial charge in [-0.05, 0) is 32.9 Å². The number of aryl methyl sites for hydroxylation is 3. The highest BCUT2D eigenvalue weighted by atomic mass is 16.3. The van der Waals surface area contributed by atoms with Crippen LogP contribution in [-0.2, 0) is 13.5 Å². The second-order valence-electron chi connectivity index (χ2n) is 4.74. The first kappa shape index (κ1) is 12.9. The van der Waals surface area contributed by atoms with Crippen molar-refractivity contribution < 1.29 is 4.42 Å². The molecule has 0 aliphatic rings. The van der Waals surface area contributed by atoms with Crippen LogP contribution in [0.2, 0.25) is 0 Å². The molecule has 2 aromatic heterocycles. The zero-order valence-corrected chi connectivity index (χ0v) is 11.5. The van der Waals surface area contributed by atoms with Gasteiger partial charge in [-0.15, -0.1) is 0 Å². The summed E-state index contributed by atoms with van der Waals surface area (Å²) >= 11 is 0. The molecule has 18 heavy (non-hydrogen) atoms. The third-order valence-corrected chi connectivity index (χ3v) is 3.30. The van der Waals surface area contributed by atoms with Crippen molar-refractivity contribution in [3.63, 3.8) is 0 Å². The first-order chi connectivity index (χ1) is 8.58. The number of rotatable bonds is 5. The van der Waals surface area contributed by atoms with Crippen LogP contribution in [0, 0.1) is 13.8 Å². The van der Waals surface area contributed by atoms with E-state index < -0.39 is 0 Å². The Kier molecular flexibility index (Phi) is 3.87. The highest BCUT2D eigenvalue weighted by molar-refractivity contribution is 5.23. The topological polar surface area (TPSA) is 43.0 Å². The van der Waals surface area contributed by atoms with Crippen LogP contribution in [0.15, 0.2) is 22.7 Å². The lowest BCUT2D eigenvalue weighted by molar-refractivity contribution is 0.489. The number of nitrogens with zero attached hydrogens (tertiary/aromatic N) is 2. The Bertz CT molecular complexity index is 513. The van der Waals surface area contributed by atoms with Crippen LogP contribution in [0.3, 0.4) is 0 Å². The molecule has 98 valence electrons. The molecule has 2 rings (SSSR count). The maximum atomic E-state index is 5.55. The molecule has 0 aromatic carbocycles. The fourth-order valence-electron chi connectivity index (χ4n) is 2.25. The molecule has 1 unspecified atom stereocenters. The highest BCUT2D eigenvalue weighted by Gasteiger charge is 2.11. The maximum Gasteiger partial charge on any atom is 0.105 e. The van der Waals surface area contributed by atoms with Gasteiger partial charge in [0.25, 0.3) is 0 Å². The van der Waals surface area contributed by atoms with E-state index in [1.807, 2.05) is 31.8 Å². The van der Waals surface area contributed by atoms with E-state index in [9.17, 15) is 0 Å². The van der Waals surface area contributed by atoms with Gasteiger partial charge in [-0.25, -0.2) is 0 Å². The van der Waals surface area contributed by atoms with Gasteiger partial charge in [0, 0.05) is 43.5 Å². The number of aromatic nitrogens is 2. The minimum Gasteiger partial charge on any atom is -0.466 e. The summed E-state index contributed by atoms with van der Waals surface area (Å²) in [5.74, 6) is 1.98. The normalized spacial score (nSPS) is 12.9. The number of furan rings is 1. The van der Waals surface area contributed by atoms with Crippen molar-refractivity contribution in [3.05, 3.63) is 41.1 Å². The van der Waals surface area contributed by atoms with E-state index in [2.05, 4.69) is 29.5 Å². The van der Waals surface area contributed by atoms with Gasteiger partial charge in [-0.3, -0.25) is 4.68 Å². The standard InChI is InChI=1S/C14H21N3O/c1-10-9-14(12(3)18-10)11(2)15-7-5-13-6-8-16-17(13)4/h6,8-9,11,15H,5,7H2,1-4H3. The van der Waals surface area contributed by atoms with Crippen LogP contribution in [0.1, 0.15) is 35.7 Å². The first-order valence-electron chi connectivity index (χ1n) is 6.35. The largest absolute Gasteiger partial charge is 0.466 e. The second-order valence-corrected chi connectivity index (χ2v) is 4.74. The molecule has 0 fully saturated rings. The van der Waals surface area contributed by atoms with Crippen molar-refractivity contribution in [2.75, 3.05) is 6.54 Å². The third kappa shape index (κ3) is 2.82. The molecule has 4 nitrogen and oxygen atoms in total. The van der Waals surface area contributed by atoms with E-state index >= 15 is 0 Å². The summed E-state index contributed by atoms with van der Waals surface area (Å²) in [4.78, 5) is 0. The highest BCUT2D eigenvalue weighted by Crippen LogP contribution is 2.20. The average Bonchev–Trinajstić information content (AvgIpc) is 2.85. The Balaban J connectivity index is 1.87. The van der Waals surface area contributed by atoms with Crippen LogP contribution >= 0.6 is 0 Å². The Morgan fingerprint density at radius 2 is 2.22 bits per heavy atom. The Morgan fingerprint density at radius 1 is 1.44 bits per heavy atom. The lowest BCUT2D eigenvalue weighted by Gasteiger charge is -2.13. The number of hydrogen-bond acceptors (Lipinski definition) is 3. The molecule has 4 heteroatoms. The molecule has 0 saturated heterocycles. The van der Waals surface area contributed by atoms with E-state index in [4.69, 9.17) is 4.42 Å². The predicted octanol–water partition coefficient (Wildman–Crippen LogP) is 2.52. The fraction of sp³-hybridized carbons (Fsp3) is 0.500. The van der Waals surface area contributed by atoms with Crippen LogP contribution < -0.4 is 5.32 Å². The molecule has 1 N–H and O–H groups in total. The summed E-state index contributed by atoms with van der Waals surface area (Å²) in [7, 11) is 1.97. The molecule has 0 saturated carbocycles. The van der Waals surface area contributed by atoms with Gasteiger partial charge in [0.15, 0.2) is 0 Å². The Morgan fingerprint density at radius 3 is 2.78 bits per heavy atom. The summed E-state index contributed by atoms with van der Waals surface area (Å²) in [6.07, 6.45) is 2.82. The van der Waals surface area contributed by atoms with E-state index in [0.29, 0.717) is 6.04 Å². The van der Waals surface area contributed by atoms with E-state index in [-0.39, 0.29) is 0 Å². The van der Waals surface area contributed by atoms with Gasteiger partial charge in [0.05, 0.1) is 0 Å². The predicted molar refractivity (Wildman–Crippen MR) is 71.5 cm³/mol. The van der Waals surface area contributed by atoms with E-state index in [0.717, 1.165) is 24.5 Å². The number of nitrogens with one attached hydrogen (secondary N) is 1. The van der Waals surface area contributed by atoms with Crippen LogP contribution in [-0.4, -0.2) is 16.3 Å². The molecular formula is C14H21N3O. The molecule has 0 aliphatic heterocycles. The van der Waals surface area contributed by atoms with Crippen molar-refractivity contribution in [2.24, 2.45) is 7.05 Å². The summed E-state index contributed by atoms with van der Waals surface area (Å²) in [5.41, 5.74) is 2.49. The zero-order chi connectivity index (χ0) is 13.1. The van der Waals surface area contributed by atoms with Crippen LogP contribution in [0.4, 0.5) is 0 Å². The van der Waals surface area contributed by atoms with Crippen molar-refractivity contribution in [1.82, 2.24) is 15.1 Å². The Labute approximate surface area is 108 Å². The minimum absolute atomic E-state index is 0.315. The zero-order valence-electron chi connectivity index (χ0n) is 11.5.